The first kappa shape index (κ1) is 35.3. The molecule has 0 aliphatic heterocycles. The maximum atomic E-state index is 5.17. The summed E-state index contributed by atoms with van der Waals surface area (Å²) in [6, 6.07) is 60.1. The minimum atomic E-state index is 0.579. The predicted molar refractivity (Wildman–Crippen MR) is 247 cm³/mol. The van der Waals surface area contributed by atoms with Crippen LogP contribution in [0.25, 0.3) is 112 Å². The summed E-state index contributed by atoms with van der Waals surface area (Å²) in [5, 5.41) is 4.26. The molecule has 12 aromatic rings. The zero-order valence-electron chi connectivity index (χ0n) is 33.1. The highest BCUT2D eigenvalue weighted by Gasteiger charge is 2.19. The average Bonchev–Trinajstić information content (AvgIpc) is 3.87. The lowest BCUT2D eigenvalue weighted by Gasteiger charge is -2.13. The van der Waals surface area contributed by atoms with E-state index in [4.69, 9.17) is 34.9 Å². The van der Waals surface area contributed by atoms with Crippen LogP contribution in [0.2, 0.25) is 0 Å². The Hall–Kier alpha value is -8.69. The summed E-state index contributed by atoms with van der Waals surface area (Å²) in [5.74, 6) is 3.42. The molecule has 0 bridgehead atoms. The fraction of sp³-hybridized carbons (Fsp3) is 0. The molecule has 5 aromatic carbocycles. The Bertz CT molecular complexity index is 3390. The highest BCUT2D eigenvalue weighted by Crippen LogP contribution is 2.39. The van der Waals surface area contributed by atoms with Crippen molar-refractivity contribution in [1.82, 2.24) is 44.0 Å². The van der Waals surface area contributed by atoms with Crippen LogP contribution in [0.1, 0.15) is 0 Å². The molecule has 7 aromatic heterocycles. The third-order valence-corrected chi connectivity index (χ3v) is 11.4. The Morgan fingerprint density at radius 3 is 1.15 bits per heavy atom. The molecule has 0 fully saturated rings. The Morgan fingerprint density at radius 2 is 0.694 bits per heavy atom. The van der Waals surface area contributed by atoms with Crippen molar-refractivity contribution in [3.8, 4) is 68.1 Å². The largest absolute Gasteiger partial charge is 0.278 e. The molecule has 0 aliphatic carbocycles. The lowest BCUT2D eigenvalue weighted by Crippen LogP contribution is -2.00. The Balaban J connectivity index is 1.10. The molecule has 9 heteroatoms. The van der Waals surface area contributed by atoms with Crippen molar-refractivity contribution >= 4 is 43.9 Å². The third-order valence-electron chi connectivity index (χ3n) is 11.4. The van der Waals surface area contributed by atoms with Gasteiger partial charge in [0.2, 0.25) is 0 Å². The third kappa shape index (κ3) is 5.98. The summed E-state index contributed by atoms with van der Waals surface area (Å²) in [4.78, 5) is 34.4. The second-order valence-corrected chi connectivity index (χ2v) is 15.1. The van der Waals surface area contributed by atoms with Crippen molar-refractivity contribution in [2.45, 2.75) is 0 Å². The van der Waals surface area contributed by atoms with Crippen LogP contribution in [0, 0.1) is 0 Å². The topological polar surface area (TPSA) is 100 Å². The van der Waals surface area contributed by atoms with Crippen LogP contribution in [0.5, 0.6) is 0 Å². The minimum absolute atomic E-state index is 0.579. The van der Waals surface area contributed by atoms with Gasteiger partial charge < -0.3 is 0 Å². The van der Waals surface area contributed by atoms with E-state index in [0.717, 1.165) is 94.5 Å². The van der Waals surface area contributed by atoms with Gasteiger partial charge in [0, 0.05) is 63.0 Å². The predicted octanol–water partition coefficient (Wildman–Crippen LogP) is 12.0. The molecule has 62 heavy (non-hydrogen) atoms. The number of hydrogen-bond donors (Lipinski definition) is 0. The molecule has 0 amide bonds. The molecule has 12 rings (SSSR count). The number of hydrogen-bond acceptors (Lipinski definition) is 7. The van der Waals surface area contributed by atoms with Crippen LogP contribution in [0.15, 0.2) is 201 Å². The van der Waals surface area contributed by atoms with Gasteiger partial charge in [0.05, 0.1) is 11.0 Å². The van der Waals surface area contributed by atoms with Gasteiger partial charge in [-0.05, 0) is 113 Å². The lowest BCUT2D eigenvalue weighted by molar-refractivity contribution is 1.06. The van der Waals surface area contributed by atoms with Gasteiger partial charge in [-0.2, -0.15) is 0 Å². The van der Waals surface area contributed by atoms with Gasteiger partial charge >= 0.3 is 0 Å². The van der Waals surface area contributed by atoms with E-state index in [-0.39, 0.29) is 0 Å². The smallest absolute Gasteiger partial charge is 0.164 e. The Labute approximate surface area is 355 Å². The van der Waals surface area contributed by atoms with E-state index in [9.17, 15) is 0 Å². The first-order valence-electron chi connectivity index (χ1n) is 20.4. The second-order valence-electron chi connectivity index (χ2n) is 15.1. The maximum Gasteiger partial charge on any atom is 0.164 e. The summed E-state index contributed by atoms with van der Waals surface area (Å²) in [6.45, 7) is 0. The molecule has 0 unspecified atom stereocenters. The summed E-state index contributed by atoms with van der Waals surface area (Å²) < 4.78 is 4.26. The normalized spacial score (nSPS) is 11.5. The number of nitrogens with zero attached hydrogens (tertiary/aromatic N) is 9. The standard InChI is InChI=1S/C53H33N9/c1-3-13-34(14-4-1)49-58-50(35-15-5-2-6-16-35)60-51(59-49)40-30-38(36-21-23-45-43(32-36)41-17-11-27-56-52(41)61(45)47-19-7-9-25-54-47)29-39(31-40)37-22-24-46-44(33-37)42-18-12-28-57-53(42)62(46)48-20-8-10-26-55-48/h1-33H. The summed E-state index contributed by atoms with van der Waals surface area (Å²) >= 11 is 0. The molecule has 7 heterocycles. The first-order valence-corrected chi connectivity index (χ1v) is 20.4. The van der Waals surface area contributed by atoms with E-state index in [1.54, 1.807) is 0 Å². The Morgan fingerprint density at radius 1 is 0.274 bits per heavy atom. The van der Waals surface area contributed by atoms with Crippen LogP contribution < -0.4 is 0 Å². The molecule has 290 valence electrons. The molecule has 0 atom stereocenters. The van der Waals surface area contributed by atoms with E-state index in [0.29, 0.717) is 17.5 Å². The number of fused-ring (bicyclic) bond motifs is 6. The van der Waals surface area contributed by atoms with Crippen LogP contribution in [0.4, 0.5) is 0 Å². The van der Waals surface area contributed by atoms with Gasteiger partial charge in [0.1, 0.15) is 22.9 Å². The van der Waals surface area contributed by atoms with Crippen LogP contribution >= 0.6 is 0 Å². The highest BCUT2D eigenvalue weighted by atomic mass is 15.1. The number of benzene rings is 5. The first-order chi connectivity index (χ1) is 30.7. The zero-order valence-corrected chi connectivity index (χ0v) is 33.1. The van der Waals surface area contributed by atoms with Crippen molar-refractivity contribution in [3.63, 3.8) is 0 Å². The fourth-order valence-corrected chi connectivity index (χ4v) is 8.52. The van der Waals surface area contributed by atoms with Gasteiger partial charge in [-0.15, -0.1) is 0 Å². The van der Waals surface area contributed by atoms with E-state index >= 15 is 0 Å². The molecule has 0 aliphatic rings. The van der Waals surface area contributed by atoms with E-state index in [2.05, 4.69) is 75.9 Å². The van der Waals surface area contributed by atoms with E-state index in [1.165, 1.54) is 0 Å². The fourth-order valence-electron chi connectivity index (χ4n) is 8.52. The van der Waals surface area contributed by atoms with E-state index < -0.39 is 0 Å². The van der Waals surface area contributed by atoms with Gasteiger partial charge in [0.25, 0.3) is 0 Å². The monoisotopic (exact) mass is 795 g/mol. The molecule has 0 spiro atoms. The van der Waals surface area contributed by atoms with Crippen molar-refractivity contribution in [1.29, 1.82) is 0 Å². The molecule has 0 saturated carbocycles. The number of pyridine rings is 4. The van der Waals surface area contributed by atoms with Crippen molar-refractivity contribution < 1.29 is 0 Å². The van der Waals surface area contributed by atoms with Gasteiger partial charge in [-0.25, -0.2) is 34.9 Å². The molecular formula is C53H33N9. The summed E-state index contributed by atoms with van der Waals surface area (Å²) in [6.07, 6.45) is 7.30. The van der Waals surface area contributed by atoms with Gasteiger partial charge in [-0.1, -0.05) is 84.9 Å². The summed E-state index contributed by atoms with van der Waals surface area (Å²) in [5.41, 5.74) is 10.6. The molecule has 0 saturated heterocycles. The van der Waals surface area contributed by atoms with Crippen LogP contribution in [-0.2, 0) is 0 Å². The number of rotatable bonds is 7. The van der Waals surface area contributed by atoms with Crippen LogP contribution in [-0.4, -0.2) is 44.0 Å². The molecule has 0 N–H and O–H groups in total. The maximum absolute atomic E-state index is 5.17. The van der Waals surface area contributed by atoms with Crippen molar-refractivity contribution in [3.05, 3.63) is 201 Å². The van der Waals surface area contributed by atoms with Crippen molar-refractivity contribution in [2.75, 3.05) is 0 Å². The quantitative estimate of drug-likeness (QED) is 0.158. The average molecular weight is 796 g/mol. The highest BCUT2D eigenvalue weighted by molar-refractivity contribution is 6.10. The van der Waals surface area contributed by atoms with Crippen LogP contribution in [0.3, 0.4) is 0 Å². The second kappa shape index (κ2) is 14.5. The lowest BCUT2D eigenvalue weighted by atomic mass is 9.94. The molecule has 9 nitrogen and oxygen atoms in total. The van der Waals surface area contributed by atoms with E-state index in [1.807, 2.05) is 134 Å². The van der Waals surface area contributed by atoms with Gasteiger partial charge in [-0.3, -0.25) is 9.13 Å². The SMILES string of the molecule is c1ccc(-c2nc(-c3ccccc3)nc(-c3cc(-c4ccc5c(c4)c4cccnc4n5-c4ccccn4)cc(-c4ccc5c(c4)c4cccnc4n5-c4ccccn4)c3)n2)cc1. The molecular weight excluding hydrogens is 763 g/mol. The van der Waals surface area contributed by atoms with Crippen molar-refractivity contribution in [2.24, 2.45) is 0 Å². The minimum Gasteiger partial charge on any atom is -0.278 e. The number of aromatic nitrogens is 9. The van der Waals surface area contributed by atoms with Gasteiger partial charge in [0.15, 0.2) is 17.5 Å². The zero-order chi connectivity index (χ0) is 41.0. The summed E-state index contributed by atoms with van der Waals surface area (Å²) in [7, 11) is 0. The Kier molecular flexibility index (Phi) is 8.27. The molecule has 0 radical (unpaired) electrons.